The van der Waals surface area contributed by atoms with Crippen LogP contribution in [0.5, 0.6) is 0 Å². The van der Waals surface area contributed by atoms with Crippen molar-refractivity contribution < 1.29 is 31.5 Å². The van der Waals surface area contributed by atoms with Crippen LogP contribution in [0, 0.1) is 5.92 Å². The number of carbonyl (C=O) groups is 1. The minimum atomic E-state index is -5.55. The van der Waals surface area contributed by atoms with Crippen molar-refractivity contribution in [3.63, 3.8) is 0 Å². The van der Waals surface area contributed by atoms with Crippen molar-refractivity contribution in [3.05, 3.63) is 0 Å². The van der Waals surface area contributed by atoms with Gasteiger partial charge >= 0.3 is 18.1 Å². The lowest BCUT2D eigenvalue weighted by atomic mass is 10.1. The molecule has 0 rings (SSSR count). The molecule has 114 valence electrons. The molecule has 2 nitrogen and oxygen atoms in total. The standard InChI is InChI=1S/C11H17F5O2S/c1-7(2)6-8(9(17)18-3)19-5-4-10(12,13)11(14,15)16/h7-8H,4-6H2,1-3H3. The summed E-state index contributed by atoms with van der Waals surface area (Å²) in [6.07, 6.45) is -6.52. The van der Waals surface area contributed by atoms with Crippen molar-refractivity contribution in [2.75, 3.05) is 12.9 Å². The molecule has 0 aliphatic rings. The largest absolute Gasteiger partial charge is 0.468 e. The number of esters is 1. The van der Waals surface area contributed by atoms with Gasteiger partial charge in [-0.15, -0.1) is 11.8 Å². The lowest BCUT2D eigenvalue weighted by Gasteiger charge is -2.21. The van der Waals surface area contributed by atoms with E-state index in [1.54, 1.807) is 0 Å². The predicted octanol–water partition coefficient (Wildman–Crippen LogP) is 3.90. The van der Waals surface area contributed by atoms with E-state index < -0.39 is 35.5 Å². The molecule has 0 aromatic heterocycles. The second-order valence-electron chi connectivity index (χ2n) is 4.46. The topological polar surface area (TPSA) is 26.3 Å². The summed E-state index contributed by atoms with van der Waals surface area (Å²) in [4.78, 5) is 11.3. The Hall–Kier alpha value is -0.530. The van der Waals surface area contributed by atoms with Crippen LogP contribution in [-0.2, 0) is 9.53 Å². The summed E-state index contributed by atoms with van der Waals surface area (Å²) < 4.78 is 65.7. The SMILES string of the molecule is COC(=O)C(CC(C)C)SCCC(F)(F)C(F)(F)F. The van der Waals surface area contributed by atoms with Crippen LogP contribution in [0.15, 0.2) is 0 Å². The lowest BCUT2D eigenvalue weighted by Crippen LogP contribution is -2.37. The Labute approximate surface area is 113 Å². The number of hydrogen-bond donors (Lipinski definition) is 0. The Morgan fingerprint density at radius 3 is 2.11 bits per heavy atom. The molecule has 0 radical (unpaired) electrons. The molecule has 0 aliphatic heterocycles. The smallest absolute Gasteiger partial charge is 0.453 e. The summed E-state index contributed by atoms with van der Waals surface area (Å²) in [7, 11) is 1.15. The monoisotopic (exact) mass is 308 g/mol. The number of ether oxygens (including phenoxy) is 1. The molecule has 0 fully saturated rings. The van der Waals surface area contributed by atoms with Gasteiger partial charge in [-0.3, -0.25) is 4.79 Å². The molecule has 0 N–H and O–H groups in total. The van der Waals surface area contributed by atoms with Crippen molar-refractivity contribution in [2.45, 2.75) is 44.0 Å². The Kier molecular flexibility index (Phi) is 7.10. The summed E-state index contributed by atoms with van der Waals surface area (Å²) in [6.45, 7) is 3.64. The lowest BCUT2D eigenvalue weighted by molar-refractivity contribution is -0.282. The zero-order valence-corrected chi connectivity index (χ0v) is 11.7. The number of halogens is 5. The quantitative estimate of drug-likeness (QED) is 0.527. The van der Waals surface area contributed by atoms with E-state index in [-0.39, 0.29) is 5.92 Å². The third kappa shape index (κ3) is 6.44. The van der Waals surface area contributed by atoms with E-state index in [0.29, 0.717) is 6.42 Å². The van der Waals surface area contributed by atoms with Crippen molar-refractivity contribution in [1.29, 1.82) is 0 Å². The Morgan fingerprint density at radius 2 is 1.74 bits per heavy atom. The Bertz CT molecular complexity index is 291. The van der Waals surface area contributed by atoms with Gasteiger partial charge in [0, 0.05) is 12.2 Å². The molecule has 1 unspecified atom stereocenters. The summed E-state index contributed by atoms with van der Waals surface area (Å²) in [6, 6.07) is 0. The van der Waals surface area contributed by atoms with Crippen LogP contribution in [0.4, 0.5) is 22.0 Å². The first-order valence-electron chi connectivity index (χ1n) is 5.65. The van der Waals surface area contributed by atoms with Gasteiger partial charge in [0.25, 0.3) is 0 Å². The maximum absolute atomic E-state index is 12.7. The van der Waals surface area contributed by atoms with Gasteiger partial charge in [-0.2, -0.15) is 22.0 Å². The van der Waals surface area contributed by atoms with Crippen LogP contribution in [0.2, 0.25) is 0 Å². The minimum Gasteiger partial charge on any atom is -0.468 e. The molecule has 0 aromatic carbocycles. The average molecular weight is 308 g/mol. The molecule has 0 heterocycles. The first kappa shape index (κ1) is 18.5. The van der Waals surface area contributed by atoms with Crippen LogP contribution in [0.25, 0.3) is 0 Å². The van der Waals surface area contributed by atoms with Crippen LogP contribution in [-0.4, -0.2) is 36.2 Å². The third-order valence-electron chi connectivity index (χ3n) is 2.30. The molecular weight excluding hydrogens is 291 g/mol. The molecule has 0 saturated heterocycles. The van der Waals surface area contributed by atoms with E-state index in [1.807, 2.05) is 13.8 Å². The number of alkyl halides is 5. The number of hydrogen-bond acceptors (Lipinski definition) is 3. The summed E-state index contributed by atoms with van der Waals surface area (Å²) in [5, 5.41) is -0.714. The molecule has 0 saturated carbocycles. The molecule has 0 spiro atoms. The minimum absolute atomic E-state index is 0.111. The molecule has 0 aromatic rings. The molecule has 19 heavy (non-hydrogen) atoms. The molecule has 8 heteroatoms. The molecule has 0 bridgehead atoms. The van der Waals surface area contributed by atoms with Gasteiger partial charge in [0.15, 0.2) is 0 Å². The van der Waals surface area contributed by atoms with Crippen molar-refractivity contribution in [2.24, 2.45) is 5.92 Å². The highest BCUT2D eigenvalue weighted by atomic mass is 32.2. The molecule has 1 atom stereocenters. The zero-order chi connectivity index (χ0) is 15.3. The van der Waals surface area contributed by atoms with E-state index in [4.69, 9.17) is 0 Å². The summed E-state index contributed by atoms with van der Waals surface area (Å²) >= 11 is 0.771. The second-order valence-corrected chi connectivity index (χ2v) is 5.77. The number of rotatable bonds is 7. The van der Waals surface area contributed by atoms with Crippen LogP contribution in [0.1, 0.15) is 26.7 Å². The number of carbonyl (C=O) groups excluding carboxylic acids is 1. The van der Waals surface area contributed by atoms with E-state index in [2.05, 4.69) is 4.74 Å². The molecular formula is C11H17F5O2S. The van der Waals surface area contributed by atoms with Crippen LogP contribution >= 0.6 is 11.8 Å². The van der Waals surface area contributed by atoms with Crippen LogP contribution < -0.4 is 0 Å². The highest BCUT2D eigenvalue weighted by Crippen LogP contribution is 2.39. The molecule has 0 amide bonds. The average Bonchev–Trinajstić information content (AvgIpc) is 2.24. The van der Waals surface area contributed by atoms with Crippen LogP contribution in [0.3, 0.4) is 0 Å². The first-order chi connectivity index (χ1) is 8.51. The third-order valence-corrected chi connectivity index (χ3v) is 3.53. The number of methoxy groups -OCH3 is 1. The van der Waals surface area contributed by atoms with Gasteiger partial charge in [-0.25, -0.2) is 0 Å². The van der Waals surface area contributed by atoms with Gasteiger partial charge in [0.2, 0.25) is 0 Å². The first-order valence-corrected chi connectivity index (χ1v) is 6.70. The second kappa shape index (κ2) is 7.31. The zero-order valence-electron chi connectivity index (χ0n) is 10.9. The maximum Gasteiger partial charge on any atom is 0.453 e. The maximum atomic E-state index is 12.7. The van der Waals surface area contributed by atoms with Gasteiger partial charge in [0.05, 0.1) is 7.11 Å². The van der Waals surface area contributed by atoms with E-state index in [0.717, 1.165) is 18.9 Å². The van der Waals surface area contributed by atoms with E-state index in [9.17, 15) is 26.7 Å². The van der Waals surface area contributed by atoms with Crippen molar-refractivity contribution >= 4 is 17.7 Å². The molecule has 0 aliphatic carbocycles. The number of thioether (sulfide) groups is 1. The predicted molar refractivity (Wildman–Crippen MR) is 63.3 cm³/mol. The fourth-order valence-electron chi connectivity index (χ4n) is 1.26. The normalized spacial score (nSPS) is 14.6. The summed E-state index contributed by atoms with van der Waals surface area (Å²) in [5.74, 6) is -5.67. The highest BCUT2D eigenvalue weighted by Gasteiger charge is 2.56. The Balaban J connectivity index is 4.38. The van der Waals surface area contributed by atoms with Gasteiger partial charge in [-0.05, 0) is 12.3 Å². The fourth-order valence-corrected chi connectivity index (χ4v) is 2.68. The van der Waals surface area contributed by atoms with Gasteiger partial charge in [-0.1, -0.05) is 13.8 Å². The highest BCUT2D eigenvalue weighted by molar-refractivity contribution is 8.00. The van der Waals surface area contributed by atoms with E-state index in [1.165, 1.54) is 0 Å². The van der Waals surface area contributed by atoms with Gasteiger partial charge < -0.3 is 4.74 Å². The van der Waals surface area contributed by atoms with Crippen molar-refractivity contribution in [1.82, 2.24) is 0 Å². The van der Waals surface area contributed by atoms with E-state index >= 15 is 0 Å². The van der Waals surface area contributed by atoms with Gasteiger partial charge in [0.1, 0.15) is 5.25 Å². The Morgan fingerprint density at radius 1 is 1.21 bits per heavy atom. The van der Waals surface area contributed by atoms with Crippen molar-refractivity contribution in [3.8, 4) is 0 Å². The fraction of sp³-hybridized carbons (Fsp3) is 0.909. The summed E-state index contributed by atoms with van der Waals surface area (Å²) in [5.41, 5.74) is 0.